The number of hydrogen-bond acceptors (Lipinski definition) is 3. The van der Waals surface area contributed by atoms with Crippen LogP contribution in [0.15, 0.2) is 54.7 Å². The van der Waals surface area contributed by atoms with Crippen molar-refractivity contribution in [3.8, 4) is 0 Å². The molecule has 5 nitrogen and oxygen atoms in total. The molecule has 0 unspecified atom stereocenters. The van der Waals surface area contributed by atoms with Crippen molar-refractivity contribution in [2.24, 2.45) is 11.3 Å². The lowest BCUT2D eigenvalue weighted by Crippen LogP contribution is -2.40. The van der Waals surface area contributed by atoms with Crippen molar-refractivity contribution < 1.29 is 9.59 Å². The van der Waals surface area contributed by atoms with E-state index in [4.69, 9.17) is 11.6 Å². The zero-order valence-corrected chi connectivity index (χ0v) is 17.6. The summed E-state index contributed by atoms with van der Waals surface area (Å²) >= 11 is 5.89. The number of piperidine rings is 1. The lowest BCUT2D eigenvalue weighted by atomic mass is 9.90. The maximum absolute atomic E-state index is 12.5. The average Bonchev–Trinajstić information content (AvgIpc) is 3.47. The Morgan fingerprint density at radius 3 is 2.63 bits per heavy atom. The van der Waals surface area contributed by atoms with Gasteiger partial charge in [-0.15, -0.1) is 0 Å². The lowest BCUT2D eigenvalue weighted by molar-refractivity contribution is -0.127. The molecule has 2 aliphatic rings. The van der Waals surface area contributed by atoms with Crippen LogP contribution in [0.3, 0.4) is 0 Å². The molecular formula is C24H26ClN3O2. The first kappa shape index (κ1) is 20.6. The Bertz CT molecular complexity index is 919. The molecule has 1 aliphatic heterocycles. The molecule has 2 heterocycles. The third-order valence-corrected chi connectivity index (χ3v) is 6.52. The molecule has 156 valence electrons. The van der Waals surface area contributed by atoms with Gasteiger partial charge >= 0.3 is 0 Å². The molecule has 1 saturated carbocycles. The Morgan fingerprint density at radius 1 is 1.17 bits per heavy atom. The highest BCUT2D eigenvalue weighted by molar-refractivity contribution is 6.30. The fourth-order valence-electron chi connectivity index (χ4n) is 4.27. The van der Waals surface area contributed by atoms with Gasteiger partial charge < -0.3 is 10.2 Å². The molecule has 2 amide bonds. The number of rotatable bonds is 6. The smallest absolute Gasteiger partial charge is 0.246 e. The minimum Gasteiger partial charge on any atom is -0.355 e. The molecule has 2 fully saturated rings. The summed E-state index contributed by atoms with van der Waals surface area (Å²) in [6, 6.07) is 13.2. The maximum atomic E-state index is 12.5. The number of nitrogens with one attached hydrogen (secondary N) is 1. The van der Waals surface area contributed by atoms with E-state index in [0.29, 0.717) is 24.7 Å². The molecule has 0 radical (unpaired) electrons. The zero-order chi connectivity index (χ0) is 21.0. The minimum atomic E-state index is 0.0248. The van der Waals surface area contributed by atoms with Crippen LogP contribution in [-0.4, -0.2) is 41.3 Å². The normalized spacial score (nSPS) is 19.8. The minimum absolute atomic E-state index is 0.0248. The quantitative estimate of drug-likeness (QED) is 0.720. The van der Waals surface area contributed by atoms with Crippen molar-refractivity contribution in [3.05, 3.63) is 71.0 Å². The summed E-state index contributed by atoms with van der Waals surface area (Å²) in [4.78, 5) is 31.2. The van der Waals surface area contributed by atoms with Crippen LogP contribution >= 0.6 is 11.6 Å². The first-order chi connectivity index (χ1) is 14.6. The summed E-state index contributed by atoms with van der Waals surface area (Å²) in [6.45, 7) is 2.03. The third-order valence-electron chi connectivity index (χ3n) is 6.27. The Labute approximate surface area is 182 Å². The first-order valence-corrected chi connectivity index (χ1v) is 10.8. The molecule has 1 N–H and O–H groups in total. The molecule has 1 spiro atoms. The fourth-order valence-corrected chi connectivity index (χ4v) is 4.40. The van der Waals surface area contributed by atoms with E-state index >= 15 is 0 Å². The van der Waals surface area contributed by atoms with Gasteiger partial charge in [-0.1, -0.05) is 29.8 Å². The number of carbonyl (C=O) groups excluding carboxylic acids is 2. The van der Waals surface area contributed by atoms with E-state index in [1.54, 1.807) is 12.3 Å². The van der Waals surface area contributed by atoms with Gasteiger partial charge in [0.15, 0.2) is 0 Å². The van der Waals surface area contributed by atoms with E-state index in [0.717, 1.165) is 36.9 Å². The Hall–Kier alpha value is -2.66. The van der Waals surface area contributed by atoms with Gasteiger partial charge in [-0.2, -0.15) is 0 Å². The molecule has 2 aromatic rings. The van der Waals surface area contributed by atoms with Crippen molar-refractivity contribution in [2.75, 3.05) is 19.6 Å². The predicted molar refractivity (Wildman–Crippen MR) is 118 cm³/mol. The molecular weight excluding hydrogens is 398 g/mol. The number of nitrogens with zero attached hydrogens (tertiary/aromatic N) is 2. The highest BCUT2D eigenvalue weighted by Gasteiger charge is 2.58. The van der Waals surface area contributed by atoms with Crippen LogP contribution in [-0.2, 0) is 16.0 Å². The van der Waals surface area contributed by atoms with E-state index in [2.05, 4.69) is 10.3 Å². The molecule has 1 atom stereocenters. The maximum Gasteiger partial charge on any atom is 0.246 e. The van der Waals surface area contributed by atoms with Crippen molar-refractivity contribution in [3.63, 3.8) is 0 Å². The van der Waals surface area contributed by atoms with Crippen LogP contribution < -0.4 is 5.32 Å². The summed E-state index contributed by atoms with van der Waals surface area (Å²) in [6.07, 6.45) is 8.68. The summed E-state index contributed by atoms with van der Waals surface area (Å²) in [5.74, 6) is 0.258. The van der Waals surface area contributed by atoms with Crippen molar-refractivity contribution >= 4 is 29.5 Å². The van der Waals surface area contributed by atoms with Crippen LogP contribution in [0.4, 0.5) is 0 Å². The fraction of sp³-hybridized carbons (Fsp3) is 0.375. The molecule has 0 bridgehead atoms. The highest BCUT2D eigenvalue weighted by atomic mass is 35.5. The second kappa shape index (κ2) is 9.00. The van der Waals surface area contributed by atoms with Gasteiger partial charge in [-0.25, -0.2) is 0 Å². The molecule has 30 heavy (non-hydrogen) atoms. The predicted octanol–water partition coefficient (Wildman–Crippen LogP) is 3.74. The van der Waals surface area contributed by atoms with Crippen LogP contribution in [0.5, 0.6) is 0 Å². The summed E-state index contributed by atoms with van der Waals surface area (Å²) in [5, 5.41) is 3.74. The van der Waals surface area contributed by atoms with Gasteiger partial charge in [0.1, 0.15) is 0 Å². The number of pyridine rings is 1. The summed E-state index contributed by atoms with van der Waals surface area (Å²) in [7, 11) is 0. The molecule has 1 saturated heterocycles. The largest absolute Gasteiger partial charge is 0.355 e. The highest BCUT2D eigenvalue weighted by Crippen LogP contribution is 2.59. The summed E-state index contributed by atoms with van der Waals surface area (Å²) in [5.41, 5.74) is 2.03. The van der Waals surface area contributed by atoms with E-state index in [9.17, 15) is 9.59 Å². The van der Waals surface area contributed by atoms with Crippen LogP contribution in [0.25, 0.3) is 6.08 Å². The van der Waals surface area contributed by atoms with Gasteiger partial charge in [0, 0.05) is 55.0 Å². The number of likely N-dealkylation sites (tertiary alicyclic amines) is 1. The number of carbonyl (C=O) groups is 2. The number of halogens is 1. The molecule has 6 heteroatoms. The van der Waals surface area contributed by atoms with E-state index in [-0.39, 0.29) is 23.1 Å². The Morgan fingerprint density at radius 2 is 1.93 bits per heavy atom. The molecule has 1 aliphatic carbocycles. The number of hydrogen-bond donors (Lipinski definition) is 1. The van der Waals surface area contributed by atoms with Crippen LogP contribution in [0, 0.1) is 11.3 Å². The third kappa shape index (κ3) is 4.90. The monoisotopic (exact) mass is 423 g/mol. The van der Waals surface area contributed by atoms with Crippen molar-refractivity contribution in [2.45, 2.75) is 25.7 Å². The van der Waals surface area contributed by atoms with Gasteiger partial charge in [0.25, 0.3) is 0 Å². The van der Waals surface area contributed by atoms with E-state index in [1.165, 1.54) is 0 Å². The second-order valence-corrected chi connectivity index (χ2v) is 8.63. The van der Waals surface area contributed by atoms with Crippen LogP contribution in [0.1, 0.15) is 30.5 Å². The number of amides is 2. The molecule has 1 aromatic carbocycles. The van der Waals surface area contributed by atoms with Crippen molar-refractivity contribution in [1.82, 2.24) is 15.2 Å². The van der Waals surface area contributed by atoms with Gasteiger partial charge in [0.2, 0.25) is 11.8 Å². The summed E-state index contributed by atoms with van der Waals surface area (Å²) < 4.78 is 0. The number of benzene rings is 1. The standard InChI is InChI=1S/C24H26ClN3O2/c25-19-7-4-18(5-8-19)6-9-22(29)28-15-11-24(12-16-28)17-21(24)23(30)27-14-10-20-3-1-2-13-26-20/h1-9,13,21H,10-12,14-17H2,(H,27,30)/b9-6+/t21-/m0/s1. The number of aromatic nitrogens is 1. The van der Waals surface area contributed by atoms with E-state index in [1.807, 2.05) is 53.4 Å². The SMILES string of the molecule is O=C(NCCc1ccccn1)[C@@H]1CC12CCN(C(=O)/C=C/c1ccc(Cl)cc1)CC2. The van der Waals surface area contributed by atoms with E-state index < -0.39 is 0 Å². The second-order valence-electron chi connectivity index (χ2n) is 8.19. The Balaban J connectivity index is 1.21. The van der Waals surface area contributed by atoms with Gasteiger partial charge in [-0.3, -0.25) is 14.6 Å². The van der Waals surface area contributed by atoms with Crippen LogP contribution in [0.2, 0.25) is 5.02 Å². The van der Waals surface area contributed by atoms with Gasteiger partial charge in [0.05, 0.1) is 0 Å². The van der Waals surface area contributed by atoms with Gasteiger partial charge in [-0.05, 0) is 60.6 Å². The Kier molecular flexibility index (Phi) is 6.18. The average molecular weight is 424 g/mol. The topological polar surface area (TPSA) is 62.3 Å². The molecule has 1 aromatic heterocycles. The first-order valence-electron chi connectivity index (χ1n) is 10.5. The lowest BCUT2D eigenvalue weighted by Gasteiger charge is -2.32. The van der Waals surface area contributed by atoms with Crippen molar-refractivity contribution in [1.29, 1.82) is 0 Å². The molecule has 4 rings (SSSR count). The zero-order valence-electron chi connectivity index (χ0n) is 16.9.